The third kappa shape index (κ3) is 2.44. The van der Waals surface area contributed by atoms with Gasteiger partial charge in [0.1, 0.15) is 5.78 Å². The first-order chi connectivity index (χ1) is 13.3. The number of allylic oxidation sites excluding steroid dienone is 1. The minimum Gasteiger partial charge on any atom is -0.393 e. The van der Waals surface area contributed by atoms with Crippen LogP contribution in [-0.4, -0.2) is 22.0 Å². The molecule has 1 N–H and O–H groups in total. The maximum Gasteiger partial charge on any atom is 0.141 e. The van der Waals surface area contributed by atoms with E-state index in [2.05, 4.69) is 37.9 Å². The molecule has 1 heterocycles. The van der Waals surface area contributed by atoms with Gasteiger partial charge >= 0.3 is 0 Å². The largest absolute Gasteiger partial charge is 0.393 e. The number of nitrogens with zero attached hydrogens (tertiary/aromatic N) is 1. The Kier molecular flexibility index (Phi) is 4.14. The topological polar surface area (TPSA) is 50.2 Å². The van der Waals surface area contributed by atoms with Crippen LogP contribution in [0.2, 0.25) is 0 Å². The number of rotatable bonds is 1. The summed E-state index contributed by atoms with van der Waals surface area (Å²) in [6.45, 7) is 7.19. The Labute approximate surface area is 168 Å². The summed E-state index contributed by atoms with van der Waals surface area (Å²) < 4.78 is 0. The Bertz CT molecular complexity index is 817. The van der Waals surface area contributed by atoms with Gasteiger partial charge < -0.3 is 5.11 Å². The van der Waals surface area contributed by atoms with Crippen LogP contribution in [0, 0.1) is 34.5 Å². The van der Waals surface area contributed by atoms with E-state index in [1.807, 2.05) is 12.3 Å². The molecule has 3 unspecified atom stereocenters. The summed E-state index contributed by atoms with van der Waals surface area (Å²) in [6.07, 6.45) is 12.0. The van der Waals surface area contributed by atoms with Crippen LogP contribution in [0.5, 0.6) is 0 Å². The van der Waals surface area contributed by atoms with Gasteiger partial charge in [0.2, 0.25) is 0 Å². The normalized spacial score (nSPS) is 47.7. The highest BCUT2D eigenvalue weighted by atomic mass is 16.3. The van der Waals surface area contributed by atoms with Crippen molar-refractivity contribution in [2.75, 3.05) is 0 Å². The lowest BCUT2D eigenvalue weighted by atomic mass is 9.45. The molecule has 3 fully saturated rings. The van der Waals surface area contributed by atoms with Gasteiger partial charge in [-0.15, -0.1) is 0 Å². The number of aromatic nitrogens is 1. The molecule has 0 amide bonds. The lowest BCUT2D eigenvalue weighted by Crippen LogP contribution is -2.52. The van der Waals surface area contributed by atoms with Crippen molar-refractivity contribution in [3.63, 3.8) is 0 Å². The van der Waals surface area contributed by atoms with Gasteiger partial charge in [0.25, 0.3) is 0 Å². The van der Waals surface area contributed by atoms with E-state index >= 15 is 0 Å². The molecule has 0 radical (unpaired) electrons. The number of ketones is 1. The van der Waals surface area contributed by atoms with Gasteiger partial charge in [-0.25, -0.2) is 0 Å². The Morgan fingerprint density at radius 1 is 1.14 bits per heavy atom. The van der Waals surface area contributed by atoms with Gasteiger partial charge in [-0.2, -0.15) is 0 Å². The second-order valence-corrected chi connectivity index (χ2v) is 10.6. The van der Waals surface area contributed by atoms with E-state index in [1.54, 1.807) is 6.20 Å². The van der Waals surface area contributed by atoms with Gasteiger partial charge in [-0.05, 0) is 78.2 Å². The lowest BCUT2D eigenvalue weighted by molar-refractivity contribution is -0.119. The second-order valence-electron chi connectivity index (χ2n) is 10.6. The van der Waals surface area contributed by atoms with Gasteiger partial charge in [0.05, 0.1) is 6.10 Å². The average molecular weight is 380 g/mol. The van der Waals surface area contributed by atoms with Gasteiger partial charge in [0, 0.05) is 24.7 Å². The first-order valence-electron chi connectivity index (χ1n) is 11.2. The highest BCUT2D eigenvalue weighted by Crippen LogP contribution is 2.68. The summed E-state index contributed by atoms with van der Waals surface area (Å²) in [6, 6.07) is 4.07. The molecule has 4 aliphatic carbocycles. The highest BCUT2D eigenvalue weighted by Gasteiger charge is 2.62. The molecule has 3 nitrogen and oxygen atoms in total. The number of hydrogen-bond acceptors (Lipinski definition) is 3. The summed E-state index contributed by atoms with van der Waals surface area (Å²) in [5.74, 6) is 2.60. The molecule has 3 saturated carbocycles. The summed E-state index contributed by atoms with van der Waals surface area (Å²) in [7, 11) is 0. The van der Waals surface area contributed by atoms with Crippen molar-refractivity contribution in [3.8, 4) is 0 Å². The first kappa shape index (κ1) is 18.5. The fraction of sp³-hybridized carbons (Fsp3) is 0.680. The Morgan fingerprint density at radius 3 is 2.71 bits per heavy atom. The molecular formula is C25H33NO2. The molecule has 0 aliphatic heterocycles. The first-order valence-corrected chi connectivity index (χ1v) is 11.2. The Morgan fingerprint density at radius 2 is 1.96 bits per heavy atom. The molecule has 3 heteroatoms. The van der Waals surface area contributed by atoms with Gasteiger partial charge in [0.15, 0.2) is 0 Å². The minimum absolute atomic E-state index is 0.00529. The number of carbonyl (C=O) groups excluding carboxylic acids is 1. The minimum atomic E-state index is -0.167. The molecule has 28 heavy (non-hydrogen) atoms. The molecule has 1 aromatic rings. The summed E-state index contributed by atoms with van der Waals surface area (Å²) in [5.41, 5.74) is 2.87. The third-order valence-corrected chi connectivity index (χ3v) is 9.27. The molecule has 8 atom stereocenters. The van der Waals surface area contributed by atoms with Crippen LogP contribution in [-0.2, 0) is 4.79 Å². The fourth-order valence-corrected chi connectivity index (χ4v) is 7.91. The van der Waals surface area contributed by atoms with Crippen molar-refractivity contribution in [3.05, 3.63) is 41.7 Å². The van der Waals surface area contributed by atoms with Gasteiger partial charge in [-0.1, -0.05) is 38.5 Å². The summed E-state index contributed by atoms with van der Waals surface area (Å²) in [5, 5.41) is 10.2. The monoisotopic (exact) mass is 379 g/mol. The maximum atomic E-state index is 13.3. The molecule has 0 spiro atoms. The standard InChI is InChI=1S/C25H33NO2/c1-15-11-17-12-18(27)6-8-24(17,2)19-7-9-25(3)20(22(15)19)13-21(28)23(25)16-5-4-10-26-14-16/h4-5,10-11,14-15,18-20,22-23,27H,6-9,12-13H2,1-3H3/t15?,18?,19-,20+,22-,23?,24+,25+/m1/s1. The van der Waals surface area contributed by atoms with E-state index in [9.17, 15) is 9.90 Å². The molecule has 0 bridgehead atoms. The quantitative estimate of drug-likeness (QED) is 0.705. The van der Waals surface area contributed by atoms with E-state index in [0.717, 1.165) is 37.7 Å². The SMILES string of the molecule is CC1C=C2CC(O)CC[C@]2(C)[C@@H]2CC[C@]3(C)C(c4cccnc4)C(=O)C[C@H]3[C@H]12. The number of pyridine rings is 1. The highest BCUT2D eigenvalue weighted by molar-refractivity contribution is 5.89. The van der Waals surface area contributed by atoms with Crippen LogP contribution >= 0.6 is 0 Å². The number of fused-ring (bicyclic) bond motifs is 5. The number of carbonyl (C=O) groups is 1. The molecule has 150 valence electrons. The number of Topliss-reactive ketones (excluding diaryl/α,β-unsaturated/α-hetero) is 1. The molecule has 5 rings (SSSR count). The molecule has 0 saturated heterocycles. The van der Waals surface area contributed by atoms with Crippen LogP contribution in [0.1, 0.15) is 70.8 Å². The zero-order valence-electron chi connectivity index (χ0n) is 17.4. The van der Waals surface area contributed by atoms with Crippen molar-refractivity contribution in [2.45, 2.75) is 71.3 Å². The van der Waals surface area contributed by atoms with Crippen LogP contribution in [0.4, 0.5) is 0 Å². The predicted molar refractivity (Wildman–Crippen MR) is 110 cm³/mol. The van der Waals surface area contributed by atoms with E-state index in [1.165, 1.54) is 12.0 Å². The second kappa shape index (κ2) is 6.26. The summed E-state index contributed by atoms with van der Waals surface area (Å²) in [4.78, 5) is 17.6. The Balaban J connectivity index is 1.54. The molecule has 4 aliphatic rings. The maximum absolute atomic E-state index is 13.3. The van der Waals surface area contributed by atoms with Crippen molar-refractivity contribution in [1.29, 1.82) is 0 Å². The van der Waals surface area contributed by atoms with E-state index in [4.69, 9.17) is 0 Å². The summed E-state index contributed by atoms with van der Waals surface area (Å²) >= 11 is 0. The van der Waals surface area contributed by atoms with E-state index in [0.29, 0.717) is 29.5 Å². The number of hydrogen-bond donors (Lipinski definition) is 1. The Hall–Kier alpha value is -1.48. The van der Waals surface area contributed by atoms with E-state index < -0.39 is 0 Å². The van der Waals surface area contributed by atoms with Crippen LogP contribution in [0.25, 0.3) is 0 Å². The van der Waals surface area contributed by atoms with Crippen LogP contribution in [0.15, 0.2) is 36.2 Å². The molecule has 0 aromatic carbocycles. The average Bonchev–Trinajstić information content (AvgIpc) is 2.94. The van der Waals surface area contributed by atoms with Crippen molar-refractivity contribution >= 4 is 5.78 Å². The van der Waals surface area contributed by atoms with E-state index in [-0.39, 0.29) is 22.9 Å². The van der Waals surface area contributed by atoms with Crippen molar-refractivity contribution in [1.82, 2.24) is 4.98 Å². The lowest BCUT2D eigenvalue weighted by Gasteiger charge is -2.59. The number of aliphatic hydroxyl groups excluding tert-OH is 1. The zero-order chi connectivity index (χ0) is 19.7. The molecular weight excluding hydrogens is 346 g/mol. The molecule has 1 aromatic heterocycles. The number of aliphatic hydroxyl groups is 1. The predicted octanol–water partition coefficient (Wildman–Crippen LogP) is 4.91. The third-order valence-electron chi connectivity index (χ3n) is 9.27. The van der Waals surface area contributed by atoms with Crippen LogP contribution < -0.4 is 0 Å². The van der Waals surface area contributed by atoms with Crippen molar-refractivity contribution < 1.29 is 9.90 Å². The van der Waals surface area contributed by atoms with Crippen LogP contribution in [0.3, 0.4) is 0 Å². The smallest absolute Gasteiger partial charge is 0.141 e. The van der Waals surface area contributed by atoms with Gasteiger partial charge in [-0.3, -0.25) is 9.78 Å². The fourth-order valence-electron chi connectivity index (χ4n) is 7.91. The van der Waals surface area contributed by atoms with Crippen molar-refractivity contribution in [2.24, 2.45) is 34.5 Å². The zero-order valence-corrected chi connectivity index (χ0v) is 17.4.